The molecule has 1 aliphatic rings. The molecule has 3 atom stereocenters. The number of hydrogen-bond donors (Lipinski definition) is 2. The zero-order valence-electron chi connectivity index (χ0n) is 11.4. The highest BCUT2D eigenvalue weighted by atomic mass is 32.1. The van der Waals surface area contributed by atoms with Crippen molar-refractivity contribution in [2.75, 3.05) is 19.8 Å². The molecule has 0 spiro atoms. The number of thiazole rings is 1. The van der Waals surface area contributed by atoms with E-state index < -0.39 is 0 Å². The van der Waals surface area contributed by atoms with Crippen LogP contribution >= 0.6 is 11.3 Å². The van der Waals surface area contributed by atoms with E-state index in [4.69, 9.17) is 4.74 Å². The first kappa shape index (κ1) is 13.9. The van der Waals surface area contributed by atoms with Gasteiger partial charge in [0.05, 0.1) is 19.3 Å². The second-order valence-electron chi connectivity index (χ2n) is 5.06. The Morgan fingerprint density at radius 3 is 3.06 bits per heavy atom. The van der Waals surface area contributed by atoms with Crippen molar-refractivity contribution >= 4 is 11.3 Å². The predicted octanol–water partition coefficient (Wildman–Crippen LogP) is 1.87. The summed E-state index contributed by atoms with van der Waals surface area (Å²) in [4.78, 5) is 5.70. The van der Waals surface area contributed by atoms with E-state index in [1.54, 1.807) is 11.3 Å². The first-order chi connectivity index (χ1) is 8.65. The summed E-state index contributed by atoms with van der Waals surface area (Å²) < 4.78 is 5.48. The smallest absolute Gasteiger partial charge is 0.109 e. The third-order valence-electron chi connectivity index (χ3n) is 3.18. The van der Waals surface area contributed by atoms with Gasteiger partial charge in [-0.15, -0.1) is 11.3 Å². The third kappa shape index (κ3) is 4.02. The lowest BCUT2D eigenvalue weighted by molar-refractivity contribution is 0.0708. The molecule has 1 aromatic rings. The average molecular weight is 269 g/mol. The Hall–Kier alpha value is -0.490. The molecule has 18 heavy (non-hydrogen) atoms. The second kappa shape index (κ2) is 6.61. The van der Waals surface area contributed by atoms with E-state index in [0.29, 0.717) is 18.1 Å². The van der Waals surface area contributed by atoms with Crippen LogP contribution < -0.4 is 10.6 Å². The van der Waals surface area contributed by atoms with Crippen LogP contribution in [-0.2, 0) is 4.74 Å². The summed E-state index contributed by atoms with van der Waals surface area (Å²) in [7, 11) is 0. The molecule has 1 saturated heterocycles. The fourth-order valence-electron chi connectivity index (χ4n) is 2.34. The van der Waals surface area contributed by atoms with Gasteiger partial charge in [0, 0.05) is 29.7 Å². The summed E-state index contributed by atoms with van der Waals surface area (Å²) in [6.07, 6.45) is 3.04. The molecule has 5 heteroatoms. The quantitative estimate of drug-likeness (QED) is 0.856. The number of hydrogen-bond acceptors (Lipinski definition) is 5. The summed E-state index contributed by atoms with van der Waals surface area (Å²) in [5.74, 6) is 0. The number of ether oxygens (including phenoxy) is 1. The Kier molecular flexibility index (Phi) is 5.12. The Bertz CT molecular complexity index is 363. The Morgan fingerprint density at radius 2 is 2.44 bits per heavy atom. The standard InChI is InChI=1S/C13H23N3OS/c1-9(6-12-8-17-5-4-14-12)16-11(3)13-15-7-10(2)18-13/h7,9,11-12,14,16H,4-6,8H2,1-3H3. The van der Waals surface area contributed by atoms with Crippen LogP contribution in [0.3, 0.4) is 0 Å². The highest BCUT2D eigenvalue weighted by Gasteiger charge is 2.18. The molecule has 0 bridgehead atoms. The van der Waals surface area contributed by atoms with E-state index in [1.807, 2.05) is 6.20 Å². The molecular formula is C13H23N3OS. The molecule has 1 aliphatic heterocycles. The zero-order valence-corrected chi connectivity index (χ0v) is 12.2. The van der Waals surface area contributed by atoms with Crippen molar-refractivity contribution in [1.82, 2.24) is 15.6 Å². The molecule has 0 aliphatic carbocycles. The van der Waals surface area contributed by atoms with Crippen LogP contribution in [0.5, 0.6) is 0 Å². The van der Waals surface area contributed by atoms with Crippen LogP contribution in [0.15, 0.2) is 6.20 Å². The molecule has 0 saturated carbocycles. The number of morpholine rings is 1. The van der Waals surface area contributed by atoms with E-state index >= 15 is 0 Å². The zero-order chi connectivity index (χ0) is 13.0. The molecule has 0 amide bonds. The van der Waals surface area contributed by atoms with Crippen LogP contribution in [0, 0.1) is 6.92 Å². The molecular weight excluding hydrogens is 246 g/mol. The van der Waals surface area contributed by atoms with Crippen molar-refractivity contribution in [1.29, 1.82) is 0 Å². The normalized spacial score (nSPS) is 23.8. The monoisotopic (exact) mass is 269 g/mol. The average Bonchev–Trinajstić information content (AvgIpc) is 2.77. The molecule has 0 radical (unpaired) electrons. The number of aromatic nitrogens is 1. The number of rotatable bonds is 5. The Labute approximate surface area is 113 Å². The molecule has 2 heterocycles. The van der Waals surface area contributed by atoms with Gasteiger partial charge in [0.2, 0.25) is 0 Å². The molecule has 1 fully saturated rings. The maximum Gasteiger partial charge on any atom is 0.109 e. The molecule has 2 rings (SSSR count). The van der Waals surface area contributed by atoms with Crippen LogP contribution in [-0.4, -0.2) is 36.8 Å². The molecule has 102 valence electrons. The van der Waals surface area contributed by atoms with Crippen molar-refractivity contribution in [3.05, 3.63) is 16.1 Å². The van der Waals surface area contributed by atoms with Gasteiger partial charge in [-0.1, -0.05) is 0 Å². The highest BCUT2D eigenvalue weighted by Crippen LogP contribution is 2.20. The predicted molar refractivity (Wildman–Crippen MR) is 75.1 cm³/mol. The third-order valence-corrected chi connectivity index (χ3v) is 4.28. The largest absolute Gasteiger partial charge is 0.379 e. The topological polar surface area (TPSA) is 46.2 Å². The van der Waals surface area contributed by atoms with Crippen LogP contribution in [0.25, 0.3) is 0 Å². The molecule has 4 nitrogen and oxygen atoms in total. The fourth-order valence-corrected chi connectivity index (χ4v) is 3.12. The number of nitrogens with zero attached hydrogens (tertiary/aromatic N) is 1. The fraction of sp³-hybridized carbons (Fsp3) is 0.769. The second-order valence-corrected chi connectivity index (χ2v) is 6.33. The summed E-state index contributed by atoms with van der Waals surface area (Å²) in [5, 5.41) is 8.27. The number of nitrogens with one attached hydrogen (secondary N) is 2. The van der Waals surface area contributed by atoms with Crippen LogP contribution in [0.1, 0.15) is 36.2 Å². The molecule has 2 N–H and O–H groups in total. The highest BCUT2D eigenvalue weighted by molar-refractivity contribution is 7.11. The van der Waals surface area contributed by atoms with E-state index in [1.165, 1.54) is 9.88 Å². The van der Waals surface area contributed by atoms with Gasteiger partial charge in [0.1, 0.15) is 5.01 Å². The van der Waals surface area contributed by atoms with Gasteiger partial charge in [0.15, 0.2) is 0 Å². The van der Waals surface area contributed by atoms with Gasteiger partial charge in [0.25, 0.3) is 0 Å². The number of aryl methyl sites for hydroxylation is 1. The summed E-state index contributed by atoms with van der Waals surface area (Å²) in [5.41, 5.74) is 0. The first-order valence-electron chi connectivity index (χ1n) is 6.64. The lowest BCUT2D eigenvalue weighted by atomic mass is 10.1. The van der Waals surface area contributed by atoms with Crippen LogP contribution in [0.4, 0.5) is 0 Å². The maximum absolute atomic E-state index is 5.48. The van der Waals surface area contributed by atoms with E-state index in [-0.39, 0.29) is 0 Å². The van der Waals surface area contributed by atoms with Gasteiger partial charge < -0.3 is 15.4 Å². The van der Waals surface area contributed by atoms with Gasteiger partial charge in [-0.25, -0.2) is 4.98 Å². The van der Waals surface area contributed by atoms with Gasteiger partial charge in [-0.05, 0) is 27.2 Å². The molecule has 1 aromatic heterocycles. The van der Waals surface area contributed by atoms with Gasteiger partial charge in [-0.3, -0.25) is 0 Å². The minimum Gasteiger partial charge on any atom is -0.379 e. The van der Waals surface area contributed by atoms with Gasteiger partial charge in [-0.2, -0.15) is 0 Å². The summed E-state index contributed by atoms with van der Waals surface area (Å²) in [6.45, 7) is 9.15. The van der Waals surface area contributed by atoms with Crippen LogP contribution in [0.2, 0.25) is 0 Å². The van der Waals surface area contributed by atoms with Gasteiger partial charge >= 0.3 is 0 Å². The lowest BCUT2D eigenvalue weighted by Crippen LogP contribution is -2.45. The first-order valence-corrected chi connectivity index (χ1v) is 7.46. The van der Waals surface area contributed by atoms with E-state index in [2.05, 4.69) is 36.4 Å². The van der Waals surface area contributed by atoms with Crippen molar-refractivity contribution in [3.63, 3.8) is 0 Å². The molecule has 0 aromatic carbocycles. The van der Waals surface area contributed by atoms with Crippen molar-refractivity contribution in [2.24, 2.45) is 0 Å². The summed E-state index contributed by atoms with van der Waals surface area (Å²) in [6, 6.07) is 1.26. The van der Waals surface area contributed by atoms with Crippen molar-refractivity contribution in [2.45, 2.75) is 45.3 Å². The molecule has 3 unspecified atom stereocenters. The lowest BCUT2D eigenvalue weighted by Gasteiger charge is -2.27. The van der Waals surface area contributed by atoms with Crippen molar-refractivity contribution in [3.8, 4) is 0 Å². The van der Waals surface area contributed by atoms with Crippen molar-refractivity contribution < 1.29 is 4.74 Å². The summed E-state index contributed by atoms with van der Waals surface area (Å²) >= 11 is 1.77. The maximum atomic E-state index is 5.48. The minimum atomic E-state index is 0.322. The van der Waals surface area contributed by atoms with E-state index in [0.717, 1.165) is 26.2 Å². The van der Waals surface area contributed by atoms with E-state index in [9.17, 15) is 0 Å². The Balaban J connectivity index is 1.77. The SMILES string of the molecule is Cc1cnc(C(C)NC(C)CC2COCCN2)s1. The Morgan fingerprint density at radius 1 is 1.61 bits per heavy atom. The minimum absolute atomic E-state index is 0.322.